The van der Waals surface area contributed by atoms with Gasteiger partial charge in [0.05, 0.1) is 55.8 Å². The molecule has 0 N–H and O–H groups in total. The zero-order chi connectivity index (χ0) is 56.1. The molecule has 0 fully saturated rings. The zero-order valence-electron chi connectivity index (χ0n) is 46.6. The third-order valence-corrected chi connectivity index (χ3v) is 18.4. The summed E-state index contributed by atoms with van der Waals surface area (Å²) >= 11 is 0. The molecule has 2 aliphatic heterocycles. The number of para-hydroxylation sites is 7. The second-order valence-corrected chi connectivity index (χ2v) is 22.9. The van der Waals surface area contributed by atoms with E-state index in [0.717, 1.165) is 84.7 Å². The lowest BCUT2D eigenvalue weighted by molar-refractivity contribution is 1.09. The Morgan fingerprint density at radius 3 is 1.09 bits per heavy atom. The summed E-state index contributed by atoms with van der Waals surface area (Å²) in [7, 11) is 0. The van der Waals surface area contributed by atoms with E-state index < -0.39 is 0 Å². The lowest BCUT2D eigenvalue weighted by atomic mass is 9.95. The number of benzene rings is 13. The van der Waals surface area contributed by atoms with E-state index in [9.17, 15) is 0 Å². The first-order chi connectivity index (χ1) is 42.7. The van der Waals surface area contributed by atoms with Crippen LogP contribution in [0.4, 0.5) is 34.4 Å². The van der Waals surface area contributed by atoms with Gasteiger partial charge < -0.3 is 9.13 Å². The van der Waals surface area contributed by atoms with Crippen LogP contribution in [0.3, 0.4) is 0 Å². The average molecular weight is 1100 g/mol. The maximum atomic E-state index is 2.48. The van der Waals surface area contributed by atoms with Crippen LogP contribution in [0.25, 0.3) is 132 Å². The molecule has 6 heteroatoms. The lowest BCUT2D eigenvalue weighted by Crippen LogP contribution is -2.13. The van der Waals surface area contributed by atoms with Gasteiger partial charge in [0.2, 0.25) is 0 Å². The highest BCUT2D eigenvalue weighted by Gasteiger charge is 2.31. The van der Waals surface area contributed by atoms with Crippen molar-refractivity contribution in [2.45, 2.75) is 0 Å². The molecule has 0 aliphatic carbocycles. The molecular weight excluding hydrogens is 1040 g/mol. The molecule has 86 heavy (non-hydrogen) atoms. The van der Waals surface area contributed by atoms with Gasteiger partial charge in [-0.05, 0) is 161 Å². The first-order valence-corrected chi connectivity index (χ1v) is 29.6. The van der Waals surface area contributed by atoms with Crippen molar-refractivity contribution >= 4 is 111 Å². The molecule has 13 aromatic carbocycles. The van der Waals surface area contributed by atoms with E-state index in [0.29, 0.717) is 0 Å². The first-order valence-electron chi connectivity index (χ1n) is 29.6. The SMILES string of the molecule is c1ccc2c(c1)-c1ccccc1-n1c(cc3cc(-c4ccc5c(c4)-c4ccccc4-n4c(cc6cc7ccccc7cc64)N5c4ccc(-n5c6ccccc6c6ccccc65)cc4)ccc31)N2c1ccc(-n2c3ccccc3c3ccccc32)cc1. The zero-order valence-corrected chi connectivity index (χ0v) is 46.6. The van der Waals surface area contributed by atoms with Gasteiger partial charge in [-0.3, -0.25) is 18.9 Å². The van der Waals surface area contributed by atoms with Crippen LogP contribution in [0, 0.1) is 0 Å². The molecule has 0 atom stereocenters. The van der Waals surface area contributed by atoms with Crippen LogP contribution in [0.15, 0.2) is 303 Å². The predicted molar refractivity (Wildman–Crippen MR) is 359 cm³/mol. The van der Waals surface area contributed by atoms with Crippen molar-refractivity contribution in [3.05, 3.63) is 303 Å². The Kier molecular flexibility index (Phi) is 9.80. The van der Waals surface area contributed by atoms with E-state index in [1.807, 2.05) is 0 Å². The van der Waals surface area contributed by atoms with E-state index in [1.54, 1.807) is 0 Å². The molecule has 0 saturated heterocycles. The number of hydrogen-bond acceptors (Lipinski definition) is 2. The van der Waals surface area contributed by atoms with E-state index in [4.69, 9.17) is 0 Å². The summed E-state index contributed by atoms with van der Waals surface area (Å²) in [5.41, 5.74) is 23.1. The molecule has 6 heterocycles. The summed E-state index contributed by atoms with van der Waals surface area (Å²) in [6.07, 6.45) is 0. The molecule has 0 spiro atoms. The molecule has 0 saturated carbocycles. The van der Waals surface area contributed by atoms with Crippen LogP contribution in [0.2, 0.25) is 0 Å². The molecule has 0 bridgehead atoms. The number of fused-ring (bicyclic) bond motifs is 21. The van der Waals surface area contributed by atoms with Crippen LogP contribution in [-0.4, -0.2) is 18.3 Å². The summed E-state index contributed by atoms with van der Waals surface area (Å²) < 4.78 is 9.74. The molecule has 0 amide bonds. The molecule has 400 valence electrons. The Hall–Kier alpha value is -11.6. The van der Waals surface area contributed by atoms with Crippen molar-refractivity contribution in [3.63, 3.8) is 0 Å². The van der Waals surface area contributed by atoms with E-state index in [-0.39, 0.29) is 0 Å². The molecule has 0 unspecified atom stereocenters. The topological polar surface area (TPSA) is 26.2 Å². The molecule has 4 aromatic heterocycles. The Bertz CT molecular complexity index is 5570. The Labute approximate surface area is 495 Å². The molecule has 17 aromatic rings. The van der Waals surface area contributed by atoms with Crippen LogP contribution in [-0.2, 0) is 0 Å². The Morgan fingerprint density at radius 2 is 0.558 bits per heavy atom. The standard InChI is InChI=1S/C80H50N6/c1-2-18-52-48-78-56(45-51(52)17-1)50-80-84(60-41-37-58(38-42-60)82-72-28-12-5-21-63(72)64-22-6-13-29-73(64)82)77-44-34-54(47-68(77)67-25-9-16-32-76(67)86(78)80)53-33-43-69-55(46-53)49-79-83(74-30-14-7-23-65(74)66-24-8-15-31-75(66)85(69)79)59-39-35-57(36-40-59)81-70-26-10-3-19-61(70)62-20-4-11-27-71(62)81/h1-50H. The van der Waals surface area contributed by atoms with Gasteiger partial charge in [-0.2, -0.15) is 0 Å². The molecule has 6 nitrogen and oxygen atoms in total. The Morgan fingerprint density at radius 1 is 0.186 bits per heavy atom. The monoisotopic (exact) mass is 1090 g/mol. The minimum Gasteiger partial charge on any atom is -0.309 e. The van der Waals surface area contributed by atoms with Crippen LogP contribution in [0.5, 0.6) is 0 Å². The van der Waals surface area contributed by atoms with E-state index in [2.05, 4.69) is 331 Å². The van der Waals surface area contributed by atoms with Crippen LogP contribution < -0.4 is 9.80 Å². The van der Waals surface area contributed by atoms with Crippen molar-refractivity contribution in [2.75, 3.05) is 9.80 Å². The van der Waals surface area contributed by atoms with Gasteiger partial charge in [0.15, 0.2) is 0 Å². The largest absolute Gasteiger partial charge is 0.309 e. The molecular formula is C80H50N6. The number of aromatic nitrogens is 4. The van der Waals surface area contributed by atoms with E-state index >= 15 is 0 Å². The van der Waals surface area contributed by atoms with Gasteiger partial charge in [0.1, 0.15) is 11.6 Å². The second-order valence-electron chi connectivity index (χ2n) is 22.9. The van der Waals surface area contributed by atoms with Gasteiger partial charge in [0.25, 0.3) is 0 Å². The van der Waals surface area contributed by atoms with Gasteiger partial charge in [0, 0.05) is 77.3 Å². The van der Waals surface area contributed by atoms with E-state index in [1.165, 1.54) is 82.0 Å². The third kappa shape index (κ3) is 6.72. The van der Waals surface area contributed by atoms with Crippen molar-refractivity contribution in [2.24, 2.45) is 0 Å². The lowest BCUT2D eigenvalue weighted by Gasteiger charge is -2.26. The fraction of sp³-hybridized carbons (Fsp3) is 0. The Balaban J connectivity index is 0.776. The van der Waals surface area contributed by atoms with Gasteiger partial charge in [-0.1, -0.05) is 164 Å². The van der Waals surface area contributed by atoms with Gasteiger partial charge in [-0.15, -0.1) is 0 Å². The maximum Gasteiger partial charge on any atom is 0.123 e. The van der Waals surface area contributed by atoms with Crippen molar-refractivity contribution < 1.29 is 0 Å². The number of rotatable bonds is 5. The number of anilines is 6. The maximum absolute atomic E-state index is 2.48. The predicted octanol–water partition coefficient (Wildman–Crippen LogP) is 21.5. The summed E-state index contributed by atoms with van der Waals surface area (Å²) in [4.78, 5) is 4.93. The summed E-state index contributed by atoms with van der Waals surface area (Å²) in [6, 6.07) is 112. The van der Waals surface area contributed by atoms with Gasteiger partial charge in [-0.25, -0.2) is 0 Å². The first kappa shape index (κ1) is 46.9. The molecule has 0 radical (unpaired) electrons. The highest BCUT2D eigenvalue weighted by molar-refractivity contribution is 6.11. The number of nitrogens with zero attached hydrogens (tertiary/aromatic N) is 6. The number of hydrogen-bond donors (Lipinski definition) is 0. The van der Waals surface area contributed by atoms with Crippen molar-refractivity contribution in [1.29, 1.82) is 0 Å². The normalized spacial score (nSPS) is 12.6. The highest BCUT2D eigenvalue weighted by atomic mass is 15.3. The summed E-state index contributed by atoms with van der Waals surface area (Å²) in [6.45, 7) is 0. The van der Waals surface area contributed by atoms with Crippen LogP contribution in [0.1, 0.15) is 0 Å². The highest BCUT2D eigenvalue weighted by Crippen LogP contribution is 2.53. The third-order valence-electron chi connectivity index (χ3n) is 18.4. The minimum absolute atomic E-state index is 1.08. The summed E-state index contributed by atoms with van der Waals surface area (Å²) in [5, 5.41) is 9.81. The average Bonchev–Trinajstić information content (AvgIpc) is 2.34. The quantitative estimate of drug-likeness (QED) is 0.172. The van der Waals surface area contributed by atoms with Crippen LogP contribution >= 0.6 is 0 Å². The fourth-order valence-electron chi connectivity index (χ4n) is 14.6. The summed E-state index contributed by atoms with van der Waals surface area (Å²) in [5.74, 6) is 2.17. The smallest absolute Gasteiger partial charge is 0.123 e. The van der Waals surface area contributed by atoms with Crippen molar-refractivity contribution in [1.82, 2.24) is 18.3 Å². The van der Waals surface area contributed by atoms with Gasteiger partial charge >= 0.3 is 0 Å². The minimum atomic E-state index is 1.08. The molecule has 2 aliphatic rings. The van der Waals surface area contributed by atoms with Crippen molar-refractivity contribution in [3.8, 4) is 56.1 Å². The molecule has 19 rings (SSSR count). The second kappa shape index (κ2) is 18.0. The fourth-order valence-corrected chi connectivity index (χ4v) is 14.6.